The van der Waals surface area contributed by atoms with Crippen molar-refractivity contribution < 1.29 is 27.8 Å². The maximum absolute atomic E-state index is 14.4. The van der Waals surface area contributed by atoms with Crippen LogP contribution in [0.15, 0.2) is 30.3 Å². The number of anilines is 2. The minimum absolute atomic E-state index is 0.0376. The Morgan fingerprint density at radius 1 is 1.10 bits per heavy atom. The second-order valence-corrected chi connectivity index (χ2v) is 7.05. The SMILES string of the molecule is COc1cc(C=CC(=O)Nc2cc(F)c(N3CCCC3)c(F)c2)cc2c1OCCO2. The van der Waals surface area contributed by atoms with E-state index in [1.807, 2.05) is 0 Å². The maximum Gasteiger partial charge on any atom is 0.248 e. The zero-order valence-corrected chi connectivity index (χ0v) is 16.5. The highest BCUT2D eigenvalue weighted by atomic mass is 19.1. The number of halogens is 2. The molecule has 0 radical (unpaired) electrons. The number of carbonyl (C=O) groups is 1. The quantitative estimate of drug-likeness (QED) is 0.747. The third-order valence-corrected chi connectivity index (χ3v) is 4.98. The molecule has 2 heterocycles. The third-order valence-electron chi connectivity index (χ3n) is 4.98. The lowest BCUT2D eigenvalue weighted by Crippen LogP contribution is -2.21. The molecule has 0 aromatic heterocycles. The summed E-state index contributed by atoms with van der Waals surface area (Å²) in [5, 5.41) is 2.49. The number of methoxy groups -OCH3 is 1. The lowest BCUT2D eigenvalue weighted by molar-refractivity contribution is -0.111. The molecule has 1 amide bonds. The molecule has 2 aromatic rings. The van der Waals surface area contributed by atoms with Crippen molar-refractivity contribution in [2.75, 3.05) is 43.6 Å². The van der Waals surface area contributed by atoms with E-state index < -0.39 is 17.5 Å². The maximum atomic E-state index is 14.4. The molecular weight excluding hydrogens is 394 g/mol. The number of hydrogen-bond donors (Lipinski definition) is 1. The summed E-state index contributed by atoms with van der Waals surface area (Å²) in [6.07, 6.45) is 4.65. The van der Waals surface area contributed by atoms with E-state index in [-0.39, 0.29) is 11.4 Å². The molecule has 0 bridgehead atoms. The van der Waals surface area contributed by atoms with Crippen molar-refractivity contribution in [3.8, 4) is 17.2 Å². The smallest absolute Gasteiger partial charge is 0.248 e. The zero-order valence-electron chi connectivity index (χ0n) is 16.5. The Kier molecular flexibility index (Phi) is 5.74. The molecule has 2 aromatic carbocycles. The van der Waals surface area contributed by atoms with Gasteiger partial charge >= 0.3 is 0 Å². The van der Waals surface area contributed by atoms with Crippen LogP contribution in [-0.2, 0) is 4.79 Å². The summed E-state index contributed by atoms with van der Waals surface area (Å²) in [4.78, 5) is 13.9. The van der Waals surface area contributed by atoms with Crippen LogP contribution < -0.4 is 24.4 Å². The summed E-state index contributed by atoms with van der Waals surface area (Å²) in [7, 11) is 1.52. The van der Waals surface area contributed by atoms with Crippen LogP contribution in [0, 0.1) is 11.6 Å². The van der Waals surface area contributed by atoms with Gasteiger partial charge in [0.1, 0.15) is 18.9 Å². The van der Waals surface area contributed by atoms with E-state index in [9.17, 15) is 13.6 Å². The number of nitrogens with zero attached hydrogens (tertiary/aromatic N) is 1. The first-order valence-electron chi connectivity index (χ1n) is 9.76. The van der Waals surface area contributed by atoms with Gasteiger partial charge < -0.3 is 24.4 Å². The minimum atomic E-state index is -0.687. The molecule has 0 spiro atoms. The second-order valence-electron chi connectivity index (χ2n) is 7.05. The van der Waals surface area contributed by atoms with Gasteiger partial charge in [0.15, 0.2) is 23.1 Å². The topological polar surface area (TPSA) is 60.0 Å². The number of fused-ring (bicyclic) bond motifs is 1. The predicted molar refractivity (Wildman–Crippen MR) is 109 cm³/mol. The lowest BCUT2D eigenvalue weighted by Gasteiger charge is -2.21. The molecule has 158 valence electrons. The van der Waals surface area contributed by atoms with Crippen molar-refractivity contribution in [3.63, 3.8) is 0 Å². The molecule has 0 atom stereocenters. The van der Waals surface area contributed by atoms with Gasteiger partial charge in [0.25, 0.3) is 0 Å². The first kappa shape index (κ1) is 20.0. The Labute approximate surface area is 173 Å². The standard InChI is InChI=1S/C22H22F2N2O4/c1-28-18-10-14(11-19-22(18)30-9-8-29-19)4-5-20(27)25-15-12-16(23)21(17(24)13-15)26-6-2-3-7-26/h4-5,10-13H,2-3,6-9H2,1H3,(H,25,27). The predicted octanol–water partition coefficient (Wildman–Crippen LogP) is 4.00. The molecule has 8 heteroatoms. The molecule has 4 rings (SSSR count). The minimum Gasteiger partial charge on any atom is -0.493 e. The fraction of sp³-hybridized carbons (Fsp3) is 0.318. The highest BCUT2D eigenvalue weighted by Crippen LogP contribution is 2.40. The summed E-state index contributed by atoms with van der Waals surface area (Å²) in [6.45, 7) is 2.11. The van der Waals surface area contributed by atoms with Crippen molar-refractivity contribution in [3.05, 3.63) is 47.5 Å². The zero-order chi connectivity index (χ0) is 21.1. The Hall–Kier alpha value is -3.29. The van der Waals surface area contributed by atoms with Gasteiger partial charge in [-0.1, -0.05) is 0 Å². The van der Waals surface area contributed by atoms with E-state index in [1.54, 1.807) is 23.1 Å². The van der Waals surface area contributed by atoms with Crippen molar-refractivity contribution in [1.29, 1.82) is 0 Å². The van der Waals surface area contributed by atoms with E-state index in [2.05, 4.69) is 5.32 Å². The average Bonchev–Trinajstić information content (AvgIpc) is 3.25. The number of hydrogen-bond acceptors (Lipinski definition) is 5. The normalized spacial score (nSPS) is 15.5. The monoisotopic (exact) mass is 416 g/mol. The van der Waals surface area contributed by atoms with Crippen molar-refractivity contribution in [1.82, 2.24) is 0 Å². The van der Waals surface area contributed by atoms with E-state index >= 15 is 0 Å². The summed E-state index contributed by atoms with van der Waals surface area (Å²) in [5.41, 5.74) is 0.680. The molecule has 2 aliphatic heterocycles. The van der Waals surface area contributed by atoms with E-state index in [0.29, 0.717) is 49.1 Å². The molecule has 1 N–H and O–H groups in total. The van der Waals surface area contributed by atoms with Gasteiger partial charge in [0.2, 0.25) is 11.7 Å². The highest BCUT2D eigenvalue weighted by molar-refractivity contribution is 6.02. The summed E-state index contributed by atoms with van der Waals surface area (Å²) >= 11 is 0. The third kappa shape index (κ3) is 4.17. The van der Waals surface area contributed by atoms with Gasteiger partial charge in [-0.15, -0.1) is 0 Å². The number of rotatable bonds is 5. The first-order valence-corrected chi connectivity index (χ1v) is 9.76. The van der Waals surface area contributed by atoms with Crippen LogP contribution in [0.4, 0.5) is 20.2 Å². The van der Waals surface area contributed by atoms with Gasteiger partial charge in [-0.05, 0) is 48.7 Å². The van der Waals surface area contributed by atoms with Crippen molar-refractivity contribution >= 4 is 23.4 Å². The molecule has 6 nitrogen and oxygen atoms in total. The first-order chi connectivity index (χ1) is 14.5. The van der Waals surface area contributed by atoms with E-state index in [0.717, 1.165) is 25.0 Å². The molecule has 0 saturated carbocycles. The van der Waals surface area contributed by atoms with Gasteiger partial charge in [0, 0.05) is 24.9 Å². The number of carbonyl (C=O) groups excluding carboxylic acids is 1. The van der Waals surface area contributed by atoms with Gasteiger partial charge in [-0.25, -0.2) is 8.78 Å². The molecule has 1 saturated heterocycles. The van der Waals surface area contributed by atoms with Crippen LogP contribution in [0.2, 0.25) is 0 Å². The summed E-state index contributed by atoms with van der Waals surface area (Å²) in [5.74, 6) is -0.345. The van der Waals surface area contributed by atoms with Crippen LogP contribution in [0.5, 0.6) is 17.2 Å². The number of amides is 1. The van der Waals surface area contributed by atoms with Crippen LogP contribution in [-0.4, -0.2) is 39.3 Å². The van der Waals surface area contributed by atoms with Crippen LogP contribution in [0.25, 0.3) is 6.08 Å². The number of benzene rings is 2. The van der Waals surface area contributed by atoms with Crippen LogP contribution in [0.3, 0.4) is 0 Å². The van der Waals surface area contributed by atoms with Gasteiger partial charge in [-0.3, -0.25) is 4.79 Å². The van der Waals surface area contributed by atoms with Gasteiger partial charge in [0.05, 0.1) is 7.11 Å². The lowest BCUT2D eigenvalue weighted by atomic mass is 10.1. The van der Waals surface area contributed by atoms with E-state index in [1.165, 1.54) is 13.2 Å². The molecule has 30 heavy (non-hydrogen) atoms. The fourth-order valence-corrected chi connectivity index (χ4v) is 3.63. The molecule has 2 aliphatic rings. The van der Waals surface area contributed by atoms with Crippen LogP contribution in [0.1, 0.15) is 18.4 Å². The van der Waals surface area contributed by atoms with Crippen LogP contribution >= 0.6 is 0 Å². The molecular formula is C22H22F2N2O4. The Morgan fingerprint density at radius 2 is 1.80 bits per heavy atom. The fourth-order valence-electron chi connectivity index (χ4n) is 3.63. The largest absolute Gasteiger partial charge is 0.493 e. The second kappa shape index (κ2) is 8.61. The van der Waals surface area contributed by atoms with Gasteiger partial charge in [-0.2, -0.15) is 0 Å². The molecule has 0 aliphatic carbocycles. The molecule has 0 unspecified atom stereocenters. The summed E-state index contributed by atoms with van der Waals surface area (Å²) in [6, 6.07) is 5.71. The van der Waals surface area contributed by atoms with Crippen molar-refractivity contribution in [2.24, 2.45) is 0 Å². The highest BCUT2D eigenvalue weighted by Gasteiger charge is 2.21. The van der Waals surface area contributed by atoms with Crippen molar-refractivity contribution in [2.45, 2.75) is 12.8 Å². The molecule has 1 fully saturated rings. The number of nitrogens with one attached hydrogen (secondary N) is 1. The van der Waals surface area contributed by atoms with E-state index in [4.69, 9.17) is 14.2 Å². The Morgan fingerprint density at radius 3 is 2.50 bits per heavy atom. The Balaban J connectivity index is 1.48. The average molecular weight is 416 g/mol. The summed E-state index contributed by atoms with van der Waals surface area (Å²) < 4.78 is 45.3. The number of ether oxygens (including phenoxy) is 3. The Bertz CT molecular complexity index is 947.